The number of nitrogens with zero attached hydrogens (tertiary/aromatic N) is 3. The molecule has 8 nitrogen and oxygen atoms in total. The van der Waals surface area contributed by atoms with Crippen LogP contribution in [-0.4, -0.2) is 40.9 Å². The van der Waals surface area contributed by atoms with Crippen molar-refractivity contribution in [3.05, 3.63) is 41.4 Å². The molecule has 0 saturated carbocycles. The minimum atomic E-state index is -0.342. The molecule has 0 aliphatic carbocycles. The van der Waals surface area contributed by atoms with Gasteiger partial charge in [-0.05, 0) is 35.5 Å². The first kappa shape index (κ1) is 16.5. The van der Waals surface area contributed by atoms with Crippen molar-refractivity contribution in [3.63, 3.8) is 0 Å². The van der Waals surface area contributed by atoms with Crippen LogP contribution in [0.15, 0.2) is 36.4 Å². The zero-order chi connectivity index (χ0) is 17.9. The molecule has 3 aromatic rings. The van der Waals surface area contributed by atoms with Crippen LogP contribution < -0.4 is 19.6 Å². The highest BCUT2D eigenvalue weighted by atomic mass is 35.5. The number of nitrogens with one attached hydrogen (secondary N) is 1. The van der Waals surface area contributed by atoms with E-state index in [1.165, 1.54) is 4.85 Å². The van der Waals surface area contributed by atoms with Crippen molar-refractivity contribution in [2.45, 2.75) is 6.42 Å². The molecular formula is C17H15ClN4O4. The largest absolute Gasteiger partial charge is 0.490 e. The van der Waals surface area contributed by atoms with Crippen LogP contribution in [0.5, 0.6) is 11.5 Å². The zero-order valence-electron chi connectivity index (χ0n) is 13.6. The molecule has 0 atom stereocenters. The minimum absolute atomic E-state index is 0.237. The zero-order valence-corrected chi connectivity index (χ0v) is 14.4. The Morgan fingerprint density at radius 1 is 1.19 bits per heavy atom. The van der Waals surface area contributed by atoms with E-state index in [1.54, 1.807) is 36.4 Å². The Balaban J connectivity index is 1.41. The molecule has 0 saturated heterocycles. The number of hydrogen-bond donors (Lipinski definition) is 1. The quantitative estimate of drug-likeness (QED) is 0.754. The van der Waals surface area contributed by atoms with Crippen molar-refractivity contribution in [1.29, 1.82) is 0 Å². The number of carbonyl (C=O) groups is 1. The Hall–Kier alpha value is -3.00. The fourth-order valence-electron chi connectivity index (χ4n) is 2.52. The number of aromatic nitrogens is 3. The number of fused-ring (bicyclic) bond motifs is 2. The highest BCUT2D eigenvalue weighted by molar-refractivity contribution is 6.31. The van der Waals surface area contributed by atoms with Gasteiger partial charge in [0.2, 0.25) is 0 Å². The third-order valence-electron chi connectivity index (χ3n) is 3.73. The Morgan fingerprint density at radius 2 is 2.04 bits per heavy atom. The molecule has 1 aromatic heterocycles. The summed E-state index contributed by atoms with van der Waals surface area (Å²) >= 11 is 5.96. The van der Waals surface area contributed by atoms with Crippen molar-refractivity contribution < 1.29 is 19.1 Å². The highest BCUT2D eigenvalue weighted by Crippen LogP contribution is 2.32. The van der Waals surface area contributed by atoms with Gasteiger partial charge in [-0.25, -0.2) is 0 Å². The number of ether oxygens (including phenoxy) is 2. The van der Waals surface area contributed by atoms with E-state index >= 15 is 0 Å². The molecular weight excluding hydrogens is 360 g/mol. The lowest BCUT2D eigenvalue weighted by molar-refractivity contribution is -0.121. The van der Waals surface area contributed by atoms with Crippen molar-refractivity contribution in [2.75, 3.05) is 25.1 Å². The van der Waals surface area contributed by atoms with E-state index in [2.05, 4.69) is 15.6 Å². The van der Waals surface area contributed by atoms with Gasteiger partial charge in [-0.2, -0.15) is 0 Å². The van der Waals surface area contributed by atoms with E-state index in [0.29, 0.717) is 46.5 Å². The molecule has 0 bridgehead atoms. The van der Waals surface area contributed by atoms with Gasteiger partial charge in [-0.15, -0.1) is 5.10 Å². The standard InChI is InChI=1S/C17H15ClN4O4/c18-11-2-4-13-14(8-11)22(21-20-13)26-10-17(23)19-12-3-5-15-16(9-12)25-7-1-6-24-15/h2-5,8-9H,1,6-7,10H2,(H,19,23). The summed E-state index contributed by atoms with van der Waals surface area (Å²) in [7, 11) is 0. The van der Waals surface area contributed by atoms with Crippen LogP contribution in [0.1, 0.15) is 6.42 Å². The van der Waals surface area contributed by atoms with Crippen LogP contribution in [0.25, 0.3) is 11.0 Å². The minimum Gasteiger partial charge on any atom is -0.490 e. The average molecular weight is 375 g/mol. The van der Waals surface area contributed by atoms with Crippen molar-refractivity contribution >= 4 is 34.2 Å². The van der Waals surface area contributed by atoms with Gasteiger partial charge in [0.05, 0.1) is 13.2 Å². The van der Waals surface area contributed by atoms with Gasteiger partial charge in [-0.1, -0.05) is 16.4 Å². The maximum atomic E-state index is 12.2. The molecule has 134 valence electrons. The van der Waals surface area contributed by atoms with Gasteiger partial charge in [0.15, 0.2) is 18.1 Å². The molecule has 4 rings (SSSR count). The molecule has 26 heavy (non-hydrogen) atoms. The summed E-state index contributed by atoms with van der Waals surface area (Å²) in [6.45, 7) is 0.956. The van der Waals surface area contributed by atoms with Gasteiger partial charge in [-0.3, -0.25) is 4.79 Å². The van der Waals surface area contributed by atoms with Crippen LogP contribution in [-0.2, 0) is 4.79 Å². The molecule has 1 aliphatic heterocycles. The number of rotatable bonds is 4. The van der Waals surface area contributed by atoms with E-state index in [1.807, 2.05) is 0 Å². The van der Waals surface area contributed by atoms with E-state index in [-0.39, 0.29) is 12.5 Å². The second-order valence-electron chi connectivity index (χ2n) is 5.63. The summed E-state index contributed by atoms with van der Waals surface area (Å²) in [6.07, 6.45) is 0.820. The van der Waals surface area contributed by atoms with Gasteiger partial charge < -0.3 is 19.6 Å². The smallest absolute Gasteiger partial charge is 0.265 e. The lowest BCUT2D eigenvalue weighted by Gasteiger charge is -2.10. The van der Waals surface area contributed by atoms with E-state index in [0.717, 1.165) is 6.42 Å². The second kappa shape index (κ2) is 7.09. The number of carbonyl (C=O) groups excluding carboxylic acids is 1. The number of halogens is 1. The van der Waals surface area contributed by atoms with Crippen molar-refractivity contribution in [1.82, 2.24) is 15.2 Å². The summed E-state index contributed by atoms with van der Waals surface area (Å²) in [5.74, 6) is 0.936. The summed E-state index contributed by atoms with van der Waals surface area (Å²) < 4.78 is 11.2. The molecule has 1 amide bonds. The summed E-state index contributed by atoms with van der Waals surface area (Å²) in [6, 6.07) is 10.3. The first-order chi connectivity index (χ1) is 12.7. The third-order valence-corrected chi connectivity index (χ3v) is 3.96. The number of hydrogen-bond acceptors (Lipinski definition) is 6. The van der Waals surface area contributed by atoms with Crippen LogP contribution in [0, 0.1) is 0 Å². The van der Waals surface area contributed by atoms with Crippen molar-refractivity contribution in [3.8, 4) is 11.5 Å². The number of amides is 1. The van der Waals surface area contributed by atoms with E-state index in [4.69, 9.17) is 25.9 Å². The molecule has 9 heteroatoms. The molecule has 1 N–H and O–H groups in total. The first-order valence-electron chi connectivity index (χ1n) is 8.03. The van der Waals surface area contributed by atoms with Crippen LogP contribution in [0.4, 0.5) is 5.69 Å². The maximum Gasteiger partial charge on any atom is 0.265 e. The fraction of sp³-hybridized carbons (Fsp3) is 0.235. The van der Waals surface area contributed by atoms with Gasteiger partial charge >= 0.3 is 0 Å². The second-order valence-corrected chi connectivity index (χ2v) is 6.07. The molecule has 0 unspecified atom stereocenters. The topological polar surface area (TPSA) is 87.5 Å². The van der Waals surface area contributed by atoms with E-state index < -0.39 is 0 Å². The Bertz CT molecular complexity index is 959. The monoisotopic (exact) mass is 374 g/mol. The highest BCUT2D eigenvalue weighted by Gasteiger charge is 2.13. The Morgan fingerprint density at radius 3 is 2.92 bits per heavy atom. The Kier molecular flexibility index (Phi) is 4.49. The van der Waals surface area contributed by atoms with Crippen LogP contribution >= 0.6 is 11.6 Å². The molecule has 0 spiro atoms. The number of anilines is 1. The number of benzene rings is 2. The molecule has 2 heterocycles. The SMILES string of the molecule is O=C(COn1nnc2ccc(Cl)cc21)Nc1ccc2c(c1)OCCCO2. The summed E-state index contributed by atoms with van der Waals surface area (Å²) in [5, 5.41) is 11.1. The van der Waals surface area contributed by atoms with Gasteiger partial charge in [0.1, 0.15) is 11.0 Å². The third kappa shape index (κ3) is 3.50. The molecule has 1 aliphatic rings. The lowest BCUT2D eigenvalue weighted by Crippen LogP contribution is -2.26. The Labute approximate surface area is 153 Å². The van der Waals surface area contributed by atoms with Crippen LogP contribution in [0.3, 0.4) is 0 Å². The molecule has 0 fully saturated rings. The first-order valence-corrected chi connectivity index (χ1v) is 8.40. The normalized spacial score (nSPS) is 13.3. The molecule has 2 aromatic carbocycles. The lowest BCUT2D eigenvalue weighted by atomic mass is 10.2. The molecule has 0 radical (unpaired) electrons. The maximum absolute atomic E-state index is 12.2. The fourth-order valence-corrected chi connectivity index (χ4v) is 2.69. The van der Waals surface area contributed by atoms with E-state index in [9.17, 15) is 4.79 Å². The van der Waals surface area contributed by atoms with Crippen molar-refractivity contribution in [2.24, 2.45) is 0 Å². The predicted octanol–water partition coefficient (Wildman–Crippen LogP) is 2.31. The summed E-state index contributed by atoms with van der Waals surface area (Å²) in [4.78, 5) is 18.7. The predicted molar refractivity (Wildman–Crippen MR) is 94.7 cm³/mol. The van der Waals surface area contributed by atoms with Gasteiger partial charge in [0.25, 0.3) is 5.91 Å². The van der Waals surface area contributed by atoms with Crippen LogP contribution in [0.2, 0.25) is 5.02 Å². The summed E-state index contributed by atoms with van der Waals surface area (Å²) in [5.41, 5.74) is 1.80. The van der Waals surface area contributed by atoms with Gasteiger partial charge in [0, 0.05) is 23.2 Å². The average Bonchev–Trinajstić information content (AvgIpc) is 2.87.